The molecule has 0 heterocycles. The number of halogens is 4. The van der Waals surface area contributed by atoms with Gasteiger partial charge in [-0.2, -0.15) is 13.2 Å². The van der Waals surface area contributed by atoms with E-state index in [0.717, 1.165) is 17.2 Å². The van der Waals surface area contributed by atoms with Gasteiger partial charge in [-0.15, -0.1) is 0 Å². The summed E-state index contributed by atoms with van der Waals surface area (Å²) in [5.74, 6) is 0.285. The van der Waals surface area contributed by atoms with Gasteiger partial charge in [0.05, 0.1) is 5.56 Å². The van der Waals surface area contributed by atoms with Crippen molar-refractivity contribution in [2.45, 2.75) is 32.9 Å². The molecule has 0 unspecified atom stereocenters. The second-order valence-electron chi connectivity index (χ2n) is 6.23. The summed E-state index contributed by atoms with van der Waals surface area (Å²) in [6.07, 6.45) is -4.51. The highest BCUT2D eigenvalue weighted by Crippen LogP contribution is 2.36. The third kappa shape index (κ3) is 5.24. The summed E-state index contributed by atoms with van der Waals surface area (Å²) in [5, 5.41) is 2.43. The lowest BCUT2D eigenvalue weighted by molar-refractivity contribution is -0.138. The molecule has 0 bridgehead atoms. The average Bonchev–Trinajstić information content (AvgIpc) is 2.53. The molecule has 0 saturated heterocycles. The number of carbonyl (C=O) groups excluding carboxylic acids is 1. The van der Waals surface area contributed by atoms with Crippen molar-refractivity contribution >= 4 is 27.5 Å². The molecule has 0 aromatic heterocycles. The summed E-state index contributed by atoms with van der Waals surface area (Å²) < 4.78 is 44.3. The van der Waals surface area contributed by atoms with Gasteiger partial charge < -0.3 is 10.1 Å². The molecule has 2 aromatic carbocycles. The average molecular weight is 430 g/mol. The minimum Gasteiger partial charge on any atom is -0.483 e. The number of amides is 1. The smallest absolute Gasteiger partial charge is 0.417 e. The number of carbonyl (C=O) groups is 1. The maximum Gasteiger partial charge on any atom is 0.417 e. The van der Waals surface area contributed by atoms with Gasteiger partial charge in [-0.25, -0.2) is 0 Å². The molecular formula is C19H19BrF3NO2. The van der Waals surface area contributed by atoms with Crippen molar-refractivity contribution in [2.24, 2.45) is 0 Å². The molecule has 2 aromatic rings. The van der Waals surface area contributed by atoms with Crippen LogP contribution in [0.1, 0.15) is 36.5 Å². The van der Waals surface area contributed by atoms with Crippen LogP contribution in [0.15, 0.2) is 40.9 Å². The van der Waals surface area contributed by atoms with Crippen LogP contribution in [0.3, 0.4) is 0 Å². The zero-order chi connectivity index (χ0) is 19.5. The van der Waals surface area contributed by atoms with Gasteiger partial charge in [-0.3, -0.25) is 4.79 Å². The van der Waals surface area contributed by atoms with E-state index in [0.29, 0.717) is 5.75 Å². The minimum atomic E-state index is -4.51. The number of ether oxygens (including phenoxy) is 1. The highest BCUT2D eigenvalue weighted by molar-refractivity contribution is 9.10. The maximum absolute atomic E-state index is 12.9. The van der Waals surface area contributed by atoms with Crippen LogP contribution in [0.4, 0.5) is 18.9 Å². The third-order valence-electron chi connectivity index (χ3n) is 3.71. The molecule has 2 rings (SSSR count). The third-order valence-corrected chi connectivity index (χ3v) is 4.40. The lowest BCUT2D eigenvalue weighted by atomic mass is 10.0. The molecule has 0 spiro atoms. The molecule has 0 aliphatic heterocycles. The number of benzene rings is 2. The van der Waals surface area contributed by atoms with Crippen molar-refractivity contribution in [2.75, 3.05) is 11.9 Å². The van der Waals surface area contributed by atoms with Crippen molar-refractivity contribution in [3.8, 4) is 5.75 Å². The van der Waals surface area contributed by atoms with Crippen LogP contribution in [-0.4, -0.2) is 12.5 Å². The number of alkyl halides is 3. The first kappa shape index (κ1) is 20.3. The van der Waals surface area contributed by atoms with Crippen molar-refractivity contribution in [1.82, 2.24) is 0 Å². The van der Waals surface area contributed by atoms with Crippen LogP contribution in [0.2, 0.25) is 0 Å². The summed E-state index contributed by atoms with van der Waals surface area (Å²) in [6, 6.07) is 9.26. The monoisotopic (exact) mass is 429 g/mol. The second kappa shape index (κ2) is 8.12. The molecule has 0 atom stereocenters. The van der Waals surface area contributed by atoms with Crippen LogP contribution in [-0.2, 0) is 11.0 Å². The largest absolute Gasteiger partial charge is 0.483 e. The van der Waals surface area contributed by atoms with E-state index in [-0.39, 0.29) is 22.7 Å². The van der Waals surface area contributed by atoms with E-state index in [1.54, 1.807) is 0 Å². The summed E-state index contributed by atoms with van der Waals surface area (Å²) in [4.78, 5) is 12.1. The van der Waals surface area contributed by atoms with Crippen LogP contribution in [0.5, 0.6) is 5.75 Å². The first-order valence-corrected chi connectivity index (χ1v) is 8.77. The Hall–Kier alpha value is -2.02. The van der Waals surface area contributed by atoms with Crippen molar-refractivity contribution in [1.29, 1.82) is 0 Å². The topological polar surface area (TPSA) is 38.3 Å². The van der Waals surface area contributed by atoms with Crippen molar-refractivity contribution in [3.63, 3.8) is 0 Å². The lowest BCUT2D eigenvalue weighted by Gasteiger charge is -2.15. The predicted octanol–water partition coefficient (Wildman–Crippen LogP) is 5.92. The van der Waals surface area contributed by atoms with Gasteiger partial charge in [-0.05, 0) is 48.2 Å². The fourth-order valence-corrected chi connectivity index (χ4v) is 2.88. The molecule has 1 N–H and O–H groups in total. The van der Waals surface area contributed by atoms with E-state index < -0.39 is 17.6 Å². The number of anilines is 1. The van der Waals surface area contributed by atoms with Gasteiger partial charge in [0.25, 0.3) is 5.91 Å². The normalized spacial score (nSPS) is 11.5. The molecule has 1 amide bonds. The van der Waals surface area contributed by atoms with E-state index in [9.17, 15) is 18.0 Å². The van der Waals surface area contributed by atoms with Crippen LogP contribution >= 0.6 is 15.9 Å². The Bertz CT molecular complexity index is 804. The van der Waals surface area contributed by atoms with Crippen LogP contribution in [0.25, 0.3) is 0 Å². The number of hydrogen-bond donors (Lipinski definition) is 1. The molecule has 140 valence electrons. The number of rotatable bonds is 5. The SMILES string of the molecule is Cc1ccc(C(C)C)c(OCC(=O)Nc2ccc(Br)c(C(F)(F)F)c2)c1. The molecule has 0 aliphatic carbocycles. The van der Waals surface area contributed by atoms with Gasteiger partial charge in [0, 0.05) is 10.2 Å². The standard InChI is InChI=1S/C19H19BrF3NO2/c1-11(2)14-6-4-12(3)8-17(14)26-10-18(25)24-13-5-7-16(20)15(9-13)19(21,22)23/h4-9,11H,10H2,1-3H3,(H,24,25). The fraction of sp³-hybridized carbons (Fsp3) is 0.316. The van der Waals surface area contributed by atoms with Gasteiger partial charge in [-0.1, -0.05) is 41.9 Å². The van der Waals surface area contributed by atoms with Crippen molar-refractivity contribution in [3.05, 3.63) is 57.6 Å². The summed E-state index contributed by atoms with van der Waals surface area (Å²) in [5.41, 5.74) is 1.17. The Balaban J connectivity index is 2.08. The van der Waals surface area contributed by atoms with E-state index in [1.807, 2.05) is 39.0 Å². The molecule has 3 nitrogen and oxygen atoms in total. The van der Waals surface area contributed by atoms with Gasteiger partial charge in [0.1, 0.15) is 5.75 Å². The second-order valence-corrected chi connectivity index (χ2v) is 7.08. The molecule has 26 heavy (non-hydrogen) atoms. The van der Waals surface area contributed by atoms with Crippen molar-refractivity contribution < 1.29 is 22.7 Å². The zero-order valence-electron chi connectivity index (χ0n) is 14.6. The summed E-state index contributed by atoms with van der Waals surface area (Å²) >= 11 is 2.86. The molecule has 0 radical (unpaired) electrons. The zero-order valence-corrected chi connectivity index (χ0v) is 16.2. The molecule has 0 saturated carbocycles. The quantitative estimate of drug-likeness (QED) is 0.640. The number of aryl methyl sites for hydroxylation is 1. The van der Waals surface area contributed by atoms with Gasteiger partial charge in [0.15, 0.2) is 6.61 Å². The van der Waals surface area contributed by atoms with E-state index in [2.05, 4.69) is 21.2 Å². The fourth-order valence-electron chi connectivity index (χ4n) is 2.40. The summed E-state index contributed by atoms with van der Waals surface area (Å²) in [7, 11) is 0. The van der Waals surface area contributed by atoms with Crippen LogP contribution < -0.4 is 10.1 Å². The molecule has 7 heteroatoms. The van der Waals surface area contributed by atoms with Crippen LogP contribution in [0, 0.1) is 6.92 Å². The minimum absolute atomic E-state index is 0.0578. The summed E-state index contributed by atoms with van der Waals surface area (Å²) in [6.45, 7) is 5.65. The molecular weight excluding hydrogens is 411 g/mol. The first-order valence-electron chi connectivity index (χ1n) is 7.98. The van der Waals surface area contributed by atoms with Gasteiger partial charge in [0.2, 0.25) is 0 Å². The molecule has 0 aliphatic rings. The number of hydrogen-bond acceptors (Lipinski definition) is 2. The Kier molecular flexibility index (Phi) is 6.34. The Labute approximate surface area is 158 Å². The highest BCUT2D eigenvalue weighted by Gasteiger charge is 2.33. The van der Waals surface area contributed by atoms with E-state index in [4.69, 9.17) is 4.74 Å². The van der Waals surface area contributed by atoms with Gasteiger partial charge >= 0.3 is 6.18 Å². The Morgan fingerprint density at radius 3 is 2.50 bits per heavy atom. The number of nitrogens with one attached hydrogen (secondary N) is 1. The maximum atomic E-state index is 12.9. The highest BCUT2D eigenvalue weighted by atomic mass is 79.9. The first-order chi connectivity index (χ1) is 12.1. The Morgan fingerprint density at radius 1 is 1.19 bits per heavy atom. The lowest BCUT2D eigenvalue weighted by Crippen LogP contribution is -2.21. The molecule has 0 fully saturated rings. The predicted molar refractivity (Wildman–Crippen MR) is 98.5 cm³/mol. The Morgan fingerprint density at radius 2 is 1.88 bits per heavy atom. The van der Waals surface area contributed by atoms with E-state index >= 15 is 0 Å². The van der Waals surface area contributed by atoms with E-state index in [1.165, 1.54) is 12.1 Å².